The molecule has 10 nitrogen and oxygen atoms in total. The smallest absolute Gasteiger partial charge is 0.343 e. The molecule has 0 saturated carbocycles. The molecule has 1 fully saturated rings. The van der Waals surface area contributed by atoms with Crippen LogP contribution in [0.4, 0.5) is 0 Å². The zero-order valence-electron chi connectivity index (χ0n) is 17.4. The van der Waals surface area contributed by atoms with Gasteiger partial charge in [-0.3, -0.25) is 9.59 Å². The number of ether oxygens (including phenoxy) is 3. The Morgan fingerprint density at radius 3 is 2.58 bits per heavy atom. The number of aliphatic carboxylic acids is 1. The standard InChI is InChI=1S/C21H18BrN3O7S/c1-30-13-5-3-12(4-6-13)20(29)32-18-14(22)7-11(8-15(18)31-2)10-23-25-21-24-19(28)16(33-21)9-17(26)27/h3-8,10,16H,9H2,1-2H3,(H,26,27)(H,24,25,28)/b23-10-/t16-/m0/s1. The zero-order valence-corrected chi connectivity index (χ0v) is 19.8. The third kappa shape index (κ3) is 6.33. The molecule has 2 aromatic carbocycles. The lowest BCUT2D eigenvalue weighted by atomic mass is 10.2. The number of esters is 1. The Labute approximate surface area is 201 Å². The largest absolute Gasteiger partial charge is 0.497 e. The molecule has 0 aromatic heterocycles. The van der Waals surface area contributed by atoms with Crippen molar-refractivity contribution in [1.82, 2.24) is 5.32 Å². The highest BCUT2D eigenvalue weighted by molar-refractivity contribution is 9.10. The Morgan fingerprint density at radius 1 is 1.21 bits per heavy atom. The summed E-state index contributed by atoms with van der Waals surface area (Å²) in [5.74, 6) is -0.983. The van der Waals surface area contributed by atoms with Gasteiger partial charge in [-0.05, 0) is 57.9 Å². The van der Waals surface area contributed by atoms with E-state index >= 15 is 0 Å². The molecule has 12 heteroatoms. The first-order valence-electron chi connectivity index (χ1n) is 9.34. The lowest BCUT2D eigenvalue weighted by Crippen LogP contribution is -2.26. The van der Waals surface area contributed by atoms with Crippen LogP contribution in [0.2, 0.25) is 0 Å². The summed E-state index contributed by atoms with van der Waals surface area (Å²) in [6.45, 7) is 0. The van der Waals surface area contributed by atoms with Crippen molar-refractivity contribution >= 4 is 56.9 Å². The van der Waals surface area contributed by atoms with Crippen molar-refractivity contribution in [2.45, 2.75) is 11.7 Å². The van der Waals surface area contributed by atoms with Crippen molar-refractivity contribution in [3.63, 3.8) is 0 Å². The van der Waals surface area contributed by atoms with E-state index in [2.05, 4.69) is 31.4 Å². The molecule has 0 radical (unpaired) electrons. The van der Waals surface area contributed by atoms with Crippen LogP contribution < -0.4 is 19.5 Å². The lowest BCUT2D eigenvalue weighted by Gasteiger charge is -2.12. The highest BCUT2D eigenvalue weighted by Gasteiger charge is 2.32. The van der Waals surface area contributed by atoms with Gasteiger partial charge in [-0.15, -0.1) is 5.10 Å². The summed E-state index contributed by atoms with van der Waals surface area (Å²) in [5, 5.41) is 18.6. The van der Waals surface area contributed by atoms with E-state index in [1.54, 1.807) is 36.4 Å². The quantitative estimate of drug-likeness (QED) is 0.228. The van der Waals surface area contributed by atoms with Crippen molar-refractivity contribution in [3.05, 3.63) is 52.0 Å². The van der Waals surface area contributed by atoms with Crippen LogP contribution in [-0.4, -0.2) is 53.8 Å². The molecule has 2 aromatic rings. The lowest BCUT2D eigenvalue weighted by molar-refractivity contribution is -0.138. The van der Waals surface area contributed by atoms with Crippen LogP contribution in [0.15, 0.2) is 51.1 Å². The molecule has 1 atom stereocenters. The molecule has 2 N–H and O–H groups in total. The third-order valence-corrected chi connectivity index (χ3v) is 5.93. The molecule has 172 valence electrons. The number of benzene rings is 2. The third-order valence-electron chi connectivity index (χ3n) is 4.26. The van der Waals surface area contributed by atoms with Gasteiger partial charge in [0.1, 0.15) is 11.0 Å². The summed E-state index contributed by atoms with van der Waals surface area (Å²) in [7, 11) is 2.96. The molecule has 33 heavy (non-hydrogen) atoms. The van der Waals surface area contributed by atoms with E-state index in [4.69, 9.17) is 19.3 Å². The molecule has 3 rings (SSSR count). The summed E-state index contributed by atoms with van der Waals surface area (Å²) < 4.78 is 16.4. The average Bonchev–Trinajstić information content (AvgIpc) is 3.13. The molecule has 1 saturated heterocycles. The van der Waals surface area contributed by atoms with Gasteiger partial charge in [-0.1, -0.05) is 11.8 Å². The number of methoxy groups -OCH3 is 2. The number of carboxylic acid groups (broad SMARTS) is 1. The molecule has 0 spiro atoms. The summed E-state index contributed by atoms with van der Waals surface area (Å²) in [4.78, 5) is 35.0. The van der Waals surface area contributed by atoms with Crippen LogP contribution in [0, 0.1) is 0 Å². The Hall–Kier alpha value is -3.38. The van der Waals surface area contributed by atoms with Crippen molar-refractivity contribution in [1.29, 1.82) is 0 Å². The average molecular weight is 536 g/mol. The minimum atomic E-state index is -1.07. The predicted octanol–water partition coefficient (Wildman–Crippen LogP) is 3.08. The molecule has 1 aliphatic heterocycles. The van der Waals surface area contributed by atoms with Crippen molar-refractivity contribution < 1.29 is 33.7 Å². The van der Waals surface area contributed by atoms with Crippen LogP contribution in [0.3, 0.4) is 0 Å². The van der Waals surface area contributed by atoms with Crippen molar-refractivity contribution in [3.8, 4) is 17.2 Å². The van der Waals surface area contributed by atoms with Gasteiger partial charge in [-0.25, -0.2) is 4.79 Å². The van der Waals surface area contributed by atoms with Gasteiger partial charge < -0.3 is 24.6 Å². The number of amidine groups is 1. The molecule has 0 unspecified atom stereocenters. The zero-order chi connectivity index (χ0) is 24.0. The van der Waals surface area contributed by atoms with E-state index in [0.29, 0.717) is 21.3 Å². The van der Waals surface area contributed by atoms with E-state index < -0.39 is 23.1 Å². The maximum absolute atomic E-state index is 12.5. The Morgan fingerprint density at radius 2 is 1.94 bits per heavy atom. The molecule has 0 bridgehead atoms. The second-order valence-electron chi connectivity index (χ2n) is 6.50. The number of halogens is 1. The summed E-state index contributed by atoms with van der Waals surface area (Å²) in [6.07, 6.45) is 1.10. The van der Waals surface area contributed by atoms with Gasteiger partial charge in [0.2, 0.25) is 5.91 Å². The number of hydrogen-bond acceptors (Lipinski definition) is 9. The molecule has 0 aliphatic carbocycles. The van der Waals surface area contributed by atoms with E-state index in [0.717, 1.165) is 11.8 Å². The number of nitrogens with one attached hydrogen (secondary N) is 1. The fourth-order valence-electron chi connectivity index (χ4n) is 2.69. The Balaban J connectivity index is 1.72. The number of carbonyl (C=O) groups is 3. The Bertz CT molecular complexity index is 1140. The number of carbonyl (C=O) groups excluding carboxylic acids is 2. The minimum Gasteiger partial charge on any atom is -0.497 e. The first kappa shape index (κ1) is 24.3. The van der Waals surface area contributed by atoms with E-state index in [9.17, 15) is 14.4 Å². The number of hydrogen-bond donors (Lipinski definition) is 2. The monoisotopic (exact) mass is 535 g/mol. The molecule has 1 heterocycles. The van der Waals surface area contributed by atoms with Crippen LogP contribution in [-0.2, 0) is 9.59 Å². The number of carboxylic acids is 1. The van der Waals surface area contributed by atoms with Gasteiger partial charge in [0.15, 0.2) is 16.7 Å². The molecule has 1 aliphatic rings. The van der Waals surface area contributed by atoms with E-state index in [-0.39, 0.29) is 23.1 Å². The normalized spacial score (nSPS) is 16.6. The van der Waals surface area contributed by atoms with Crippen LogP contribution in [0.5, 0.6) is 17.2 Å². The summed E-state index contributed by atoms with van der Waals surface area (Å²) >= 11 is 4.37. The van der Waals surface area contributed by atoms with Crippen LogP contribution in [0.1, 0.15) is 22.3 Å². The first-order valence-corrected chi connectivity index (χ1v) is 11.0. The van der Waals surface area contributed by atoms with Gasteiger partial charge in [0.25, 0.3) is 0 Å². The van der Waals surface area contributed by atoms with Crippen LogP contribution in [0.25, 0.3) is 0 Å². The maximum Gasteiger partial charge on any atom is 0.343 e. The number of rotatable bonds is 8. The molecular formula is C21H18BrN3O7S. The summed E-state index contributed by atoms with van der Waals surface area (Å²) in [5.41, 5.74) is 0.910. The number of thioether (sulfide) groups is 1. The highest BCUT2D eigenvalue weighted by Crippen LogP contribution is 2.37. The van der Waals surface area contributed by atoms with Crippen LogP contribution >= 0.6 is 27.7 Å². The van der Waals surface area contributed by atoms with Gasteiger partial charge in [0, 0.05) is 0 Å². The molecular weight excluding hydrogens is 518 g/mol. The first-order chi connectivity index (χ1) is 15.8. The number of nitrogens with zero attached hydrogens (tertiary/aromatic N) is 2. The fourth-order valence-corrected chi connectivity index (χ4v) is 4.14. The second-order valence-corrected chi connectivity index (χ2v) is 8.54. The van der Waals surface area contributed by atoms with Crippen molar-refractivity contribution in [2.24, 2.45) is 10.2 Å². The predicted molar refractivity (Wildman–Crippen MR) is 125 cm³/mol. The SMILES string of the molecule is COc1ccc(C(=O)Oc2c(Br)cc(/C=N\N=C3\NC(=O)[C@H](CC(=O)O)S3)cc2OC)cc1. The van der Waals surface area contributed by atoms with Crippen molar-refractivity contribution in [2.75, 3.05) is 14.2 Å². The maximum atomic E-state index is 12.5. The minimum absolute atomic E-state index is 0.192. The second kappa shape index (κ2) is 11.0. The van der Waals surface area contributed by atoms with E-state index in [1.165, 1.54) is 20.4 Å². The highest BCUT2D eigenvalue weighted by atomic mass is 79.9. The van der Waals surface area contributed by atoms with E-state index in [1.807, 2.05) is 0 Å². The van der Waals surface area contributed by atoms with Gasteiger partial charge in [0.05, 0.1) is 36.9 Å². The molecule has 1 amide bonds. The Kier molecular flexibility index (Phi) is 8.06. The fraction of sp³-hybridized carbons (Fsp3) is 0.190. The topological polar surface area (TPSA) is 136 Å². The van der Waals surface area contributed by atoms with Gasteiger partial charge >= 0.3 is 11.9 Å². The summed E-state index contributed by atoms with van der Waals surface area (Å²) in [6, 6.07) is 9.72. The number of amides is 1. The van der Waals surface area contributed by atoms with Gasteiger partial charge in [-0.2, -0.15) is 5.10 Å².